The van der Waals surface area contributed by atoms with Crippen molar-refractivity contribution in [2.45, 2.75) is 71.3 Å². The van der Waals surface area contributed by atoms with Crippen LogP contribution in [0.4, 0.5) is 0 Å². The fraction of sp³-hybridized carbons (Fsp3) is 0.545. The number of benzene rings is 1. The van der Waals surface area contributed by atoms with E-state index >= 15 is 0 Å². The number of rotatable bonds is 6. The van der Waals surface area contributed by atoms with Crippen molar-refractivity contribution in [3.8, 4) is 11.5 Å². The average Bonchev–Trinajstić information content (AvgIpc) is 2.50. The first kappa shape index (κ1) is 19.6. The van der Waals surface area contributed by atoms with Crippen LogP contribution in [0, 0.1) is 5.92 Å². The van der Waals surface area contributed by atoms with Crippen LogP contribution in [0.25, 0.3) is 0 Å². The molecule has 25 heavy (non-hydrogen) atoms. The van der Waals surface area contributed by atoms with Crippen LogP contribution in [-0.2, 0) is 6.42 Å². The quantitative estimate of drug-likeness (QED) is 0.490. The van der Waals surface area contributed by atoms with Crippen molar-refractivity contribution in [2.24, 2.45) is 5.92 Å². The molecule has 0 aromatic heterocycles. The molecule has 1 aromatic rings. The minimum absolute atomic E-state index is 0.0264. The van der Waals surface area contributed by atoms with Gasteiger partial charge >= 0.3 is 0 Å². The summed E-state index contributed by atoms with van der Waals surface area (Å²) in [5, 5.41) is 31.8. The van der Waals surface area contributed by atoms with Crippen molar-refractivity contribution in [2.75, 3.05) is 0 Å². The summed E-state index contributed by atoms with van der Waals surface area (Å²) in [6.07, 6.45) is 6.69. The topological polar surface area (TPSA) is 60.7 Å². The Bertz CT molecular complexity index is 647. The van der Waals surface area contributed by atoms with Gasteiger partial charge in [0.25, 0.3) is 0 Å². The smallest absolute Gasteiger partial charge is 0.123 e. The van der Waals surface area contributed by atoms with Crippen LogP contribution in [0.2, 0.25) is 0 Å². The predicted octanol–water partition coefficient (Wildman–Crippen LogP) is 5.21. The van der Waals surface area contributed by atoms with Crippen molar-refractivity contribution in [3.05, 3.63) is 47.1 Å². The van der Waals surface area contributed by atoms with Crippen LogP contribution in [0.5, 0.6) is 11.5 Å². The van der Waals surface area contributed by atoms with Gasteiger partial charge in [0.05, 0.1) is 5.60 Å². The van der Waals surface area contributed by atoms with Crippen LogP contribution >= 0.6 is 0 Å². The summed E-state index contributed by atoms with van der Waals surface area (Å²) >= 11 is 0. The third-order valence-electron chi connectivity index (χ3n) is 5.56. The number of aryl methyl sites for hydroxylation is 1. The minimum atomic E-state index is -0.883. The normalized spacial score (nSPS) is 26.4. The van der Waals surface area contributed by atoms with E-state index in [-0.39, 0.29) is 23.3 Å². The highest BCUT2D eigenvalue weighted by Crippen LogP contribution is 2.48. The molecule has 0 amide bonds. The number of hydrogen-bond acceptors (Lipinski definition) is 3. The molecule has 0 fully saturated rings. The molecule has 0 aliphatic heterocycles. The molecule has 138 valence electrons. The molecule has 0 radical (unpaired) electrons. The molecule has 1 aliphatic carbocycles. The third kappa shape index (κ3) is 4.27. The van der Waals surface area contributed by atoms with E-state index < -0.39 is 5.60 Å². The average molecular weight is 344 g/mol. The second-order valence-electron chi connectivity index (χ2n) is 7.81. The van der Waals surface area contributed by atoms with E-state index in [4.69, 9.17) is 0 Å². The Kier molecular flexibility index (Phi) is 5.99. The number of phenolic OH excluding ortho intramolecular Hbond substituents is 2. The molecular weight excluding hydrogens is 312 g/mol. The lowest BCUT2D eigenvalue weighted by Gasteiger charge is -2.39. The van der Waals surface area contributed by atoms with Crippen LogP contribution in [0.15, 0.2) is 35.9 Å². The maximum absolute atomic E-state index is 10.6. The van der Waals surface area contributed by atoms with E-state index in [1.807, 2.05) is 26.8 Å². The molecule has 0 spiro atoms. The lowest BCUT2D eigenvalue weighted by Crippen LogP contribution is -2.35. The fourth-order valence-electron chi connectivity index (χ4n) is 3.79. The van der Waals surface area contributed by atoms with Gasteiger partial charge in [-0.05, 0) is 69.2 Å². The van der Waals surface area contributed by atoms with Gasteiger partial charge in [0, 0.05) is 11.5 Å². The zero-order valence-corrected chi connectivity index (χ0v) is 16.0. The van der Waals surface area contributed by atoms with E-state index in [1.165, 1.54) is 0 Å². The number of unbranched alkanes of at least 4 members (excludes halogenated alkanes) is 2. The first-order valence-electron chi connectivity index (χ1n) is 9.28. The maximum Gasteiger partial charge on any atom is 0.123 e. The van der Waals surface area contributed by atoms with E-state index in [0.717, 1.165) is 42.4 Å². The number of aliphatic hydroxyl groups is 1. The summed E-state index contributed by atoms with van der Waals surface area (Å²) in [5.41, 5.74) is 2.43. The first-order chi connectivity index (χ1) is 11.7. The highest BCUT2D eigenvalue weighted by Gasteiger charge is 2.38. The molecule has 3 unspecified atom stereocenters. The SMILES string of the molecule is C=C(C)C1CC(C)(O)C(C)=CC1c1c(O)cc(CCCCC)cc1O. The van der Waals surface area contributed by atoms with E-state index in [0.29, 0.717) is 12.0 Å². The van der Waals surface area contributed by atoms with Gasteiger partial charge in [-0.2, -0.15) is 0 Å². The summed E-state index contributed by atoms with van der Waals surface area (Å²) in [5.74, 6) is 0.0607. The summed E-state index contributed by atoms with van der Waals surface area (Å²) in [4.78, 5) is 0. The van der Waals surface area contributed by atoms with Crippen molar-refractivity contribution in [1.29, 1.82) is 0 Å². The van der Waals surface area contributed by atoms with E-state index in [9.17, 15) is 15.3 Å². The summed E-state index contributed by atoms with van der Waals surface area (Å²) < 4.78 is 0. The maximum atomic E-state index is 10.6. The van der Waals surface area contributed by atoms with E-state index in [1.54, 1.807) is 12.1 Å². The van der Waals surface area contributed by atoms with Crippen molar-refractivity contribution in [1.82, 2.24) is 0 Å². The molecule has 0 saturated heterocycles. The number of hydrogen-bond donors (Lipinski definition) is 3. The second-order valence-corrected chi connectivity index (χ2v) is 7.81. The van der Waals surface area contributed by atoms with Crippen molar-refractivity contribution >= 4 is 0 Å². The van der Waals surface area contributed by atoms with Crippen LogP contribution in [-0.4, -0.2) is 20.9 Å². The van der Waals surface area contributed by atoms with Crippen LogP contribution in [0.3, 0.4) is 0 Å². The zero-order chi connectivity index (χ0) is 18.8. The van der Waals surface area contributed by atoms with Crippen LogP contribution < -0.4 is 0 Å². The monoisotopic (exact) mass is 344 g/mol. The highest BCUT2D eigenvalue weighted by molar-refractivity contribution is 5.52. The predicted molar refractivity (Wildman–Crippen MR) is 103 cm³/mol. The second kappa shape index (κ2) is 7.65. The van der Waals surface area contributed by atoms with Crippen molar-refractivity contribution in [3.63, 3.8) is 0 Å². The van der Waals surface area contributed by atoms with Crippen molar-refractivity contribution < 1.29 is 15.3 Å². The first-order valence-corrected chi connectivity index (χ1v) is 9.28. The lowest BCUT2D eigenvalue weighted by molar-refractivity contribution is 0.0641. The third-order valence-corrected chi connectivity index (χ3v) is 5.56. The Morgan fingerprint density at radius 3 is 2.36 bits per heavy atom. The Labute approximate surface area is 151 Å². The molecule has 0 saturated carbocycles. The molecule has 0 heterocycles. The van der Waals surface area contributed by atoms with Gasteiger partial charge in [-0.1, -0.05) is 38.0 Å². The molecule has 0 bridgehead atoms. The Balaban J connectivity index is 2.41. The standard InChI is InChI=1S/C22H32O3/c1-6-7-8-9-16-11-19(23)21(20(24)12-16)17-10-15(4)22(5,25)13-18(17)14(2)3/h10-12,17-18,23-25H,2,6-9,13H2,1,3-5H3. The molecule has 1 aromatic carbocycles. The van der Waals surface area contributed by atoms with E-state index in [2.05, 4.69) is 13.5 Å². The number of phenols is 2. The Hall–Kier alpha value is -1.74. The minimum Gasteiger partial charge on any atom is -0.507 e. The molecule has 3 nitrogen and oxygen atoms in total. The molecule has 3 heteroatoms. The lowest BCUT2D eigenvalue weighted by atomic mass is 9.68. The van der Waals surface area contributed by atoms with Gasteiger partial charge in [0.2, 0.25) is 0 Å². The summed E-state index contributed by atoms with van der Waals surface area (Å²) in [6, 6.07) is 3.55. The zero-order valence-electron chi connectivity index (χ0n) is 16.0. The molecule has 3 N–H and O–H groups in total. The van der Waals surface area contributed by atoms with Gasteiger partial charge in [-0.15, -0.1) is 0 Å². The van der Waals surface area contributed by atoms with Gasteiger partial charge in [-0.25, -0.2) is 0 Å². The Morgan fingerprint density at radius 1 is 1.24 bits per heavy atom. The fourth-order valence-corrected chi connectivity index (χ4v) is 3.79. The summed E-state index contributed by atoms with van der Waals surface area (Å²) in [7, 11) is 0. The highest BCUT2D eigenvalue weighted by atomic mass is 16.3. The molecular formula is C22H32O3. The Morgan fingerprint density at radius 2 is 1.84 bits per heavy atom. The summed E-state index contributed by atoms with van der Waals surface area (Å²) in [6.45, 7) is 11.9. The molecule has 2 rings (SSSR count). The molecule has 3 atom stereocenters. The van der Waals surface area contributed by atoms with Crippen LogP contribution in [0.1, 0.15) is 70.4 Å². The van der Waals surface area contributed by atoms with Gasteiger partial charge < -0.3 is 15.3 Å². The molecule has 1 aliphatic rings. The van der Waals surface area contributed by atoms with Gasteiger partial charge in [0.1, 0.15) is 11.5 Å². The van der Waals surface area contributed by atoms with Gasteiger partial charge in [-0.3, -0.25) is 0 Å². The number of aromatic hydroxyl groups is 2. The largest absolute Gasteiger partial charge is 0.507 e. The van der Waals surface area contributed by atoms with Gasteiger partial charge in [0.15, 0.2) is 0 Å². The number of allylic oxidation sites excluding steroid dienone is 2.